The lowest BCUT2D eigenvalue weighted by Crippen LogP contribution is -2.47. The number of β-amino-alcohol motifs (C(OH)–C–C–N with tert-alkyl or cyclic N) is 1. The summed E-state index contributed by atoms with van der Waals surface area (Å²) in [5.74, 6) is 0.805. The van der Waals surface area contributed by atoms with Crippen molar-refractivity contribution in [1.29, 1.82) is 0 Å². The summed E-state index contributed by atoms with van der Waals surface area (Å²) in [5, 5.41) is 13.4. The molecular weight excluding hydrogens is 340 g/mol. The number of aryl methyl sites for hydroxylation is 1. The molecule has 5 heteroatoms. The predicted molar refractivity (Wildman–Crippen MR) is 106 cm³/mol. The van der Waals surface area contributed by atoms with Crippen molar-refractivity contribution in [2.45, 2.75) is 31.9 Å². The monoisotopic (exact) mass is 368 g/mol. The van der Waals surface area contributed by atoms with Crippen LogP contribution in [0, 0.1) is 6.92 Å². The number of likely N-dealkylation sites (tertiary alicyclic amines) is 1. The van der Waals surface area contributed by atoms with Gasteiger partial charge in [-0.05, 0) is 43.5 Å². The highest BCUT2D eigenvalue weighted by atomic mass is 16.5. The van der Waals surface area contributed by atoms with Crippen LogP contribution in [0.25, 0.3) is 0 Å². The Labute approximate surface area is 161 Å². The molecule has 1 saturated heterocycles. The number of para-hydroxylation sites is 1. The highest BCUT2D eigenvalue weighted by molar-refractivity contribution is 5.94. The SMILES string of the molecule is Cc1ccccc1OCC(O)CN1CCC(NC(=O)c2ccccc2)CC1. The van der Waals surface area contributed by atoms with E-state index in [-0.39, 0.29) is 18.6 Å². The summed E-state index contributed by atoms with van der Waals surface area (Å²) in [6.45, 7) is 4.60. The van der Waals surface area contributed by atoms with Crippen LogP contribution >= 0.6 is 0 Å². The number of benzene rings is 2. The number of rotatable bonds is 7. The standard InChI is InChI=1S/C22H28N2O3/c1-17-7-5-6-10-21(17)27-16-20(25)15-24-13-11-19(12-14-24)23-22(26)18-8-3-2-4-9-18/h2-10,19-20,25H,11-16H2,1H3,(H,23,26). The number of hydrogen-bond donors (Lipinski definition) is 2. The molecule has 1 aliphatic rings. The molecule has 2 N–H and O–H groups in total. The molecule has 1 fully saturated rings. The number of hydrogen-bond acceptors (Lipinski definition) is 4. The van der Waals surface area contributed by atoms with Gasteiger partial charge >= 0.3 is 0 Å². The lowest BCUT2D eigenvalue weighted by molar-refractivity contribution is 0.0566. The topological polar surface area (TPSA) is 61.8 Å². The molecule has 0 radical (unpaired) electrons. The number of carbonyl (C=O) groups excluding carboxylic acids is 1. The van der Waals surface area contributed by atoms with Crippen LogP contribution in [0.5, 0.6) is 5.75 Å². The maximum atomic E-state index is 12.2. The Morgan fingerprint density at radius 1 is 1.15 bits per heavy atom. The Balaban J connectivity index is 1.37. The number of nitrogens with zero attached hydrogens (tertiary/aromatic N) is 1. The Morgan fingerprint density at radius 3 is 2.52 bits per heavy atom. The third kappa shape index (κ3) is 5.81. The number of carbonyl (C=O) groups is 1. The zero-order valence-electron chi connectivity index (χ0n) is 15.8. The summed E-state index contributed by atoms with van der Waals surface area (Å²) >= 11 is 0. The third-order valence-electron chi connectivity index (χ3n) is 4.95. The summed E-state index contributed by atoms with van der Waals surface area (Å²) in [6, 6.07) is 17.3. The quantitative estimate of drug-likeness (QED) is 0.789. The van der Waals surface area contributed by atoms with Gasteiger partial charge in [-0.3, -0.25) is 4.79 Å². The van der Waals surface area contributed by atoms with Gasteiger partial charge in [-0.15, -0.1) is 0 Å². The van der Waals surface area contributed by atoms with Gasteiger partial charge in [-0.25, -0.2) is 0 Å². The van der Waals surface area contributed by atoms with Crippen molar-refractivity contribution in [1.82, 2.24) is 10.2 Å². The van der Waals surface area contributed by atoms with Gasteiger partial charge in [0.15, 0.2) is 0 Å². The summed E-state index contributed by atoms with van der Waals surface area (Å²) in [5.41, 5.74) is 1.77. The van der Waals surface area contributed by atoms with Gasteiger partial charge in [-0.2, -0.15) is 0 Å². The molecular formula is C22H28N2O3. The first-order valence-electron chi connectivity index (χ1n) is 9.56. The van der Waals surface area contributed by atoms with Crippen molar-refractivity contribution >= 4 is 5.91 Å². The van der Waals surface area contributed by atoms with Crippen molar-refractivity contribution in [2.24, 2.45) is 0 Å². The number of nitrogens with one attached hydrogen (secondary N) is 1. The van der Waals surface area contributed by atoms with Crippen LogP contribution in [0.4, 0.5) is 0 Å². The van der Waals surface area contributed by atoms with E-state index in [4.69, 9.17) is 4.74 Å². The average Bonchev–Trinajstić information content (AvgIpc) is 2.69. The van der Waals surface area contributed by atoms with Crippen LogP contribution in [0.2, 0.25) is 0 Å². The van der Waals surface area contributed by atoms with E-state index in [2.05, 4.69) is 10.2 Å². The fourth-order valence-electron chi connectivity index (χ4n) is 3.37. The third-order valence-corrected chi connectivity index (χ3v) is 4.95. The molecule has 27 heavy (non-hydrogen) atoms. The minimum Gasteiger partial charge on any atom is -0.491 e. The van der Waals surface area contributed by atoms with Crippen LogP contribution in [0.3, 0.4) is 0 Å². The summed E-state index contributed by atoms with van der Waals surface area (Å²) in [6.07, 6.45) is 1.26. The minimum absolute atomic E-state index is 0.0132. The number of ether oxygens (including phenoxy) is 1. The summed E-state index contributed by atoms with van der Waals surface area (Å²) < 4.78 is 5.73. The van der Waals surface area contributed by atoms with Gasteiger partial charge < -0.3 is 20.1 Å². The van der Waals surface area contributed by atoms with E-state index in [0.717, 1.165) is 37.2 Å². The molecule has 1 heterocycles. The maximum absolute atomic E-state index is 12.2. The minimum atomic E-state index is -0.528. The smallest absolute Gasteiger partial charge is 0.251 e. The molecule has 1 atom stereocenters. The number of amides is 1. The number of piperidine rings is 1. The van der Waals surface area contributed by atoms with Crippen molar-refractivity contribution < 1.29 is 14.6 Å². The molecule has 2 aromatic carbocycles. The fourth-order valence-corrected chi connectivity index (χ4v) is 3.37. The van der Waals surface area contributed by atoms with Gasteiger partial charge in [0.05, 0.1) is 0 Å². The highest BCUT2D eigenvalue weighted by Gasteiger charge is 2.22. The van der Waals surface area contributed by atoms with Crippen LogP contribution in [-0.2, 0) is 0 Å². The first kappa shape index (κ1) is 19.4. The Kier molecular flexibility index (Phi) is 6.85. The fraction of sp³-hybridized carbons (Fsp3) is 0.409. The van der Waals surface area contributed by atoms with E-state index in [9.17, 15) is 9.90 Å². The van der Waals surface area contributed by atoms with E-state index >= 15 is 0 Å². The second kappa shape index (κ2) is 9.53. The van der Waals surface area contributed by atoms with Crippen molar-refractivity contribution in [2.75, 3.05) is 26.2 Å². The molecule has 144 valence electrons. The molecule has 0 aliphatic carbocycles. The Bertz CT molecular complexity index is 727. The van der Waals surface area contributed by atoms with Crippen molar-refractivity contribution in [3.8, 4) is 5.75 Å². The number of aliphatic hydroxyl groups is 1. The first-order valence-corrected chi connectivity index (χ1v) is 9.56. The largest absolute Gasteiger partial charge is 0.491 e. The zero-order valence-corrected chi connectivity index (χ0v) is 15.8. The molecule has 2 aromatic rings. The van der Waals surface area contributed by atoms with E-state index in [0.29, 0.717) is 12.1 Å². The Morgan fingerprint density at radius 2 is 1.81 bits per heavy atom. The van der Waals surface area contributed by atoms with Crippen LogP contribution in [-0.4, -0.2) is 54.3 Å². The molecule has 1 aliphatic heterocycles. The van der Waals surface area contributed by atoms with E-state index in [1.54, 1.807) is 0 Å². The summed E-state index contributed by atoms with van der Waals surface area (Å²) in [7, 11) is 0. The van der Waals surface area contributed by atoms with E-state index in [1.165, 1.54) is 0 Å². The van der Waals surface area contributed by atoms with Gasteiger partial charge in [0.25, 0.3) is 5.91 Å². The molecule has 0 bridgehead atoms. The highest BCUT2D eigenvalue weighted by Crippen LogP contribution is 2.17. The maximum Gasteiger partial charge on any atom is 0.251 e. The normalized spacial score (nSPS) is 16.7. The van der Waals surface area contributed by atoms with Crippen LogP contribution in [0.1, 0.15) is 28.8 Å². The van der Waals surface area contributed by atoms with Crippen LogP contribution < -0.4 is 10.1 Å². The first-order chi connectivity index (χ1) is 13.1. The second-order valence-corrected chi connectivity index (χ2v) is 7.14. The van der Waals surface area contributed by atoms with Gasteiger partial charge in [0, 0.05) is 31.2 Å². The Hall–Kier alpha value is -2.37. The number of aliphatic hydroxyl groups excluding tert-OH is 1. The molecule has 0 spiro atoms. The second-order valence-electron chi connectivity index (χ2n) is 7.14. The molecule has 0 aromatic heterocycles. The lowest BCUT2D eigenvalue weighted by atomic mass is 10.0. The van der Waals surface area contributed by atoms with Gasteiger partial charge in [-0.1, -0.05) is 36.4 Å². The van der Waals surface area contributed by atoms with E-state index in [1.807, 2.05) is 61.5 Å². The molecule has 1 unspecified atom stereocenters. The molecule has 3 rings (SSSR count). The summed E-state index contributed by atoms with van der Waals surface area (Å²) in [4.78, 5) is 14.5. The molecule has 1 amide bonds. The van der Waals surface area contributed by atoms with Crippen molar-refractivity contribution in [3.63, 3.8) is 0 Å². The van der Waals surface area contributed by atoms with Gasteiger partial charge in [0.2, 0.25) is 0 Å². The van der Waals surface area contributed by atoms with Crippen LogP contribution in [0.15, 0.2) is 54.6 Å². The average molecular weight is 368 g/mol. The molecule has 5 nitrogen and oxygen atoms in total. The van der Waals surface area contributed by atoms with Gasteiger partial charge in [0.1, 0.15) is 18.5 Å². The van der Waals surface area contributed by atoms with Crippen molar-refractivity contribution in [3.05, 3.63) is 65.7 Å². The lowest BCUT2D eigenvalue weighted by Gasteiger charge is -2.33. The zero-order chi connectivity index (χ0) is 19.1. The molecule has 0 saturated carbocycles. The predicted octanol–water partition coefficient (Wildman–Crippen LogP) is 2.63. The van der Waals surface area contributed by atoms with E-state index < -0.39 is 6.10 Å².